The fourth-order valence-electron chi connectivity index (χ4n) is 5.28. The van der Waals surface area contributed by atoms with Gasteiger partial charge in [-0.05, 0) is 42.9 Å². The van der Waals surface area contributed by atoms with Crippen LogP contribution in [0.1, 0.15) is 42.5 Å². The quantitative estimate of drug-likeness (QED) is 0.581. The molecule has 1 saturated carbocycles. The standard InChI is InChI=1S/C22H27N5O4S/c1-26(19-7-6-14-4-2-3-5-17(14)19)21-18-8-9-27(22(18)25-13-24-21)16-10-15(20(28)11-16)12-31-32(23,29)30/h2-5,8-9,13,15-16,19-20,28H,6-7,10-12H2,1H3,(H2,23,29,30)/t15-,16?,19-,20?/m0/s1. The molecular weight excluding hydrogens is 430 g/mol. The van der Waals surface area contributed by atoms with Gasteiger partial charge in [0.1, 0.15) is 17.8 Å². The summed E-state index contributed by atoms with van der Waals surface area (Å²) in [7, 11) is -1.95. The van der Waals surface area contributed by atoms with Gasteiger partial charge in [0.25, 0.3) is 0 Å². The second kappa shape index (κ2) is 8.11. The molecule has 3 aromatic rings. The zero-order valence-corrected chi connectivity index (χ0v) is 18.6. The van der Waals surface area contributed by atoms with E-state index in [9.17, 15) is 13.5 Å². The molecule has 4 atom stereocenters. The summed E-state index contributed by atoms with van der Waals surface area (Å²) >= 11 is 0. The van der Waals surface area contributed by atoms with E-state index in [0.717, 1.165) is 29.7 Å². The average Bonchev–Trinajstić information content (AvgIpc) is 3.47. The number of aliphatic hydroxyl groups is 1. The van der Waals surface area contributed by atoms with Crippen LogP contribution in [-0.2, 0) is 20.9 Å². The lowest BCUT2D eigenvalue weighted by Crippen LogP contribution is -2.24. The molecule has 32 heavy (non-hydrogen) atoms. The van der Waals surface area contributed by atoms with Crippen LogP contribution in [0.3, 0.4) is 0 Å². The third-order valence-corrected chi connectivity index (χ3v) is 7.33. The molecule has 170 valence electrons. The number of fused-ring (bicyclic) bond motifs is 2. The SMILES string of the molecule is CN(c1ncnc2c1ccn2C1CC(O)[C@H](COS(N)(=O)=O)C1)[C@H]1CCc2ccccc21. The van der Waals surface area contributed by atoms with Crippen molar-refractivity contribution >= 4 is 27.2 Å². The van der Waals surface area contributed by atoms with Crippen LogP contribution in [0.4, 0.5) is 5.82 Å². The number of hydrogen-bond donors (Lipinski definition) is 2. The van der Waals surface area contributed by atoms with E-state index in [4.69, 9.17) is 9.32 Å². The Morgan fingerprint density at radius 3 is 2.88 bits per heavy atom. The predicted octanol–water partition coefficient (Wildman–Crippen LogP) is 2.09. The van der Waals surface area contributed by atoms with E-state index in [0.29, 0.717) is 12.8 Å². The highest BCUT2D eigenvalue weighted by molar-refractivity contribution is 7.84. The van der Waals surface area contributed by atoms with Crippen molar-refractivity contribution in [1.82, 2.24) is 14.5 Å². The highest BCUT2D eigenvalue weighted by Gasteiger charge is 2.36. The molecule has 0 amide bonds. The second-order valence-electron chi connectivity index (χ2n) is 8.75. The largest absolute Gasteiger partial charge is 0.393 e. The minimum Gasteiger partial charge on any atom is -0.393 e. The average molecular weight is 458 g/mol. The number of nitrogens with two attached hydrogens (primary N) is 1. The zero-order chi connectivity index (χ0) is 22.5. The lowest BCUT2D eigenvalue weighted by Gasteiger charge is -2.27. The van der Waals surface area contributed by atoms with Crippen molar-refractivity contribution < 1.29 is 17.7 Å². The maximum absolute atomic E-state index is 11.1. The van der Waals surface area contributed by atoms with Gasteiger partial charge in [-0.1, -0.05) is 24.3 Å². The van der Waals surface area contributed by atoms with Gasteiger partial charge in [0.2, 0.25) is 0 Å². The molecule has 2 aliphatic rings. The van der Waals surface area contributed by atoms with Gasteiger partial charge in [-0.25, -0.2) is 15.1 Å². The summed E-state index contributed by atoms with van der Waals surface area (Å²) in [6.45, 7) is -0.125. The van der Waals surface area contributed by atoms with Gasteiger partial charge in [0, 0.05) is 25.2 Å². The second-order valence-corrected chi connectivity index (χ2v) is 9.97. The van der Waals surface area contributed by atoms with Crippen molar-refractivity contribution in [3.63, 3.8) is 0 Å². The van der Waals surface area contributed by atoms with Crippen LogP contribution in [0.25, 0.3) is 11.0 Å². The van der Waals surface area contributed by atoms with Crippen LogP contribution >= 0.6 is 0 Å². The van der Waals surface area contributed by atoms with E-state index in [1.54, 1.807) is 6.33 Å². The lowest BCUT2D eigenvalue weighted by molar-refractivity contribution is 0.100. The summed E-state index contributed by atoms with van der Waals surface area (Å²) in [5.74, 6) is 0.567. The Kier molecular flexibility index (Phi) is 5.40. The molecule has 0 radical (unpaired) electrons. The maximum atomic E-state index is 11.1. The molecule has 9 nitrogen and oxygen atoms in total. The molecule has 2 unspecified atom stereocenters. The normalized spacial score (nSPS) is 25.3. The fraction of sp³-hybridized carbons (Fsp3) is 0.455. The summed E-state index contributed by atoms with van der Waals surface area (Å²) in [4.78, 5) is 11.4. The first-order valence-corrected chi connectivity index (χ1v) is 12.3. The van der Waals surface area contributed by atoms with E-state index < -0.39 is 16.4 Å². The van der Waals surface area contributed by atoms with Crippen molar-refractivity contribution in [3.8, 4) is 0 Å². The van der Waals surface area contributed by atoms with Gasteiger partial charge in [0.15, 0.2) is 0 Å². The molecule has 3 N–H and O–H groups in total. The van der Waals surface area contributed by atoms with Gasteiger partial charge in [-0.3, -0.25) is 4.18 Å². The van der Waals surface area contributed by atoms with Crippen molar-refractivity contribution in [3.05, 3.63) is 54.0 Å². The van der Waals surface area contributed by atoms with E-state index >= 15 is 0 Å². The first kappa shape index (κ1) is 21.3. The zero-order valence-electron chi connectivity index (χ0n) is 17.8. The highest BCUT2D eigenvalue weighted by atomic mass is 32.2. The number of nitrogens with zero attached hydrogens (tertiary/aromatic N) is 4. The van der Waals surface area contributed by atoms with Crippen LogP contribution in [0.15, 0.2) is 42.9 Å². The Bertz CT molecular complexity index is 1240. The van der Waals surface area contributed by atoms with Crippen LogP contribution in [0.5, 0.6) is 0 Å². The van der Waals surface area contributed by atoms with Crippen molar-refractivity contribution in [2.75, 3.05) is 18.6 Å². The number of rotatable bonds is 6. The van der Waals surface area contributed by atoms with Crippen LogP contribution in [-0.4, -0.2) is 47.8 Å². The molecular formula is C22H27N5O4S. The lowest BCUT2D eigenvalue weighted by atomic mass is 10.1. The Morgan fingerprint density at radius 2 is 2.06 bits per heavy atom. The van der Waals surface area contributed by atoms with E-state index in [1.807, 2.05) is 12.3 Å². The highest BCUT2D eigenvalue weighted by Crippen LogP contribution is 2.41. The summed E-state index contributed by atoms with van der Waals surface area (Å²) in [6.07, 6.45) is 6.06. The minimum atomic E-state index is -4.03. The minimum absolute atomic E-state index is 0.0168. The monoisotopic (exact) mass is 457 g/mol. The van der Waals surface area contributed by atoms with Crippen molar-refractivity contribution in [2.24, 2.45) is 11.1 Å². The number of benzene rings is 1. The molecule has 2 heterocycles. The van der Waals surface area contributed by atoms with E-state index in [1.165, 1.54) is 11.1 Å². The van der Waals surface area contributed by atoms with Crippen LogP contribution in [0, 0.1) is 5.92 Å². The Hall–Kier alpha value is -2.53. The van der Waals surface area contributed by atoms with E-state index in [2.05, 4.69) is 50.7 Å². The first-order chi connectivity index (χ1) is 15.3. The van der Waals surface area contributed by atoms with Crippen LogP contribution in [0.2, 0.25) is 0 Å². The summed E-state index contributed by atoms with van der Waals surface area (Å²) in [5, 5.41) is 16.3. The van der Waals surface area contributed by atoms with Gasteiger partial charge >= 0.3 is 10.3 Å². The Balaban J connectivity index is 1.41. The molecule has 2 aliphatic carbocycles. The molecule has 0 bridgehead atoms. The molecule has 2 aromatic heterocycles. The summed E-state index contributed by atoms with van der Waals surface area (Å²) in [5.41, 5.74) is 3.54. The molecule has 0 spiro atoms. The number of hydrogen-bond acceptors (Lipinski definition) is 7. The third-order valence-electron chi connectivity index (χ3n) is 6.86. The predicted molar refractivity (Wildman–Crippen MR) is 120 cm³/mol. The van der Waals surface area contributed by atoms with Crippen molar-refractivity contribution in [2.45, 2.75) is 43.9 Å². The number of aromatic nitrogens is 3. The van der Waals surface area contributed by atoms with Gasteiger partial charge in [0.05, 0.1) is 24.1 Å². The Morgan fingerprint density at radius 1 is 1.25 bits per heavy atom. The molecule has 0 saturated heterocycles. The smallest absolute Gasteiger partial charge is 0.333 e. The molecule has 5 rings (SSSR count). The summed E-state index contributed by atoms with van der Waals surface area (Å²) in [6, 6.07) is 10.8. The number of anilines is 1. The van der Waals surface area contributed by atoms with Gasteiger partial charge in [-0.15, -0.1) is 0 Å². The molecule has 0 aliphatic heterocycles. The van der Waals surface area contributed by atoms with Gasteiger partial charge in [-0.2, -0.15) is 8.42 Å². The molecule has 1 aromatic carbocycles. The number of aryl methyl sites for hydroxylation is 1. The first-order valence-electron chi connectivity index (χ1n) is 10.8. The fourth-order valence-corrected chi connectivity index (χ4v) is 5.64. The molecule has 10 heteroatoms. The van der Waals surface area contributed by atoms with Gasteiger partial charge < -0.3 is 14.6 Å². The topological polar surface area (TPSA) is 124 Å². The third kappa shape index (κ3) is 3.88. The van der Waals surface area contributed by atoms with E-state index in [-0.39, 0.29) is 24.6 Å². The Labute approximate surface area is 187 Å². The molecule has 1 fully saturated rings. The van der Waals surface area contributed by atoms with Crippen LogP contribution < -0.4 is 10.0 Å². The van der Waals surface area contributed by atoms with Crippen molar-refractivity contribution in [1.29, 1.82) is 0 Å². The summed E-state index contributed by atoms with van der Waals surface area (Å²) < 4.78 is 29.0. The maximum Gasteiger partial charge on any atom is 0.333 e. The number of aliphatic hydroxyl groups excluding tert-OH is 1.